The van der Waals surface area contributed by atoms with Crippen molar-refractivity contribution in [3.05, 3.63) is 71.5 Å². The van der Waals surface area contributed by atoms with Crippen LogP contribution in [0.25, 0.3) is 11.3 Å². The number of aromatic nitrogens is 2. The lowest BCUT2D eigenvalue weighted by atomic mass is 10.1. The van der Waals surface area contributed by atoms with E-state index in [-0.39, 0.29) is 17.6 Å². The molecule has 7 heteroatoms. The third-order valence-electron chi connectivity index (χ3n) is 5.77. The number of anilines is 1. The summed E-state index contributed by atoms with van der Waals surface area (Å²) < 4.78 is 22.2. The highest BCUT2D eigenvalue weighted by molar-refractivity contribution is 5.94. The molecule has 3 aromatic rings. The molecule has 0 spiro atoms. The van der Waals surface area contributed by atoms with E-state index in [2.05, 4.69) is 0 Å². The highest BCUT2D eigenvalue weighted by Crippen LogP contribution is 2.32. The van der Waals surface area contributed by atoms with Crippen LogP contribution in [-0.4, -0.2) is 53.9 Å². The second-order valence-electron chi connectivity index (χ2n) is 8.34. The van der Waals surface area contributed by atoms with Gasteiger partial charge in [-0.2, -0.15) is 5.10 Å². The Morgan fingerprint density at radius 1 is 1.16 bits per heavy atom. The zero-order chi connectivity index (χ0) is 22.7. The fourth-order valence-corrected chi connectivity index (χ4v) is 4.34. The van der Waals surface area contributed by atoms with Crippen molar-refractivity contribution in [1.29, 1.82) is 0 Å². The first-order valence-corrected chi connectivity index (χ1v) is 10.9. The molecule has 1 aliphatic rings. The largest absolute Gasteiger partial charge is 0.376 e. The Bertz CT molecular complexity index is 1070. The molecule has 32 heavy (non-hydrogen) atoms. The van der Waals surface area contributed by atoms with E-state index in [0.29, 0.717) is 19.7 Å². The second kappa shape index (κ2) is 9.53. The van der Waals surface area contributed by atoms with Crippen molar-refractivity contribution >= 4 is 11.7 Å². The van der Waals surface area contributed by atoms with Crippen LogP contribution in [0, 0.1) is 5.82 Å². The highest BCUT2D eigenvalue weighted by atomic mass is 19.1. The van der Waals surface area contributed by atoms with E-state index in [1.54, 1.807) is 17.0 Å². The van der Waals surface area contributed by atoms with Crippen molar-refractivity contribution in [1.82, 2.24) is 14.7 Å². The second-order valence-corrected chi connectivity index (χ2v) is 8.34. The average molecular weight is 437 g/mol. The fraction of sp³-hybridized carbons (Fsp3) is 0.360. The normalized spacial score (nSPS) is 15.7. The topological polar surface area (TPSA) is 50.6 Å². The number of hydrogen-bond acceptors (Lipinski definition) is 4. The van der Waals surface area contributed by atoms with Crippen LogP contribution >= 0.6 is 0 Å². The zero-order valence-corrected chi connectivity index (χ0v) is 18.8. The lowest BCUT2D eigenvalue weighted by Gasteiger charge is -2.27. The van der Waals surface area contributed by atoms with E-state index >= 15 is 0 Å². The van der Waals surface area contributed by atoms with Crippen LogP contribution < -0.4 is 4.90 Å². The number of nitrogens with zero attached hydrogens (tertiary/aromatic N) is 4. The standard InChI is InChI=1S/C25H29FN4O2/c1-28(2)24-21(23(27-29(24)3)18-10-5-4-6-11-18)17-30(16-19-12-9-15-32-19)25(31)20-13-7-8-14-22(20)26/h4-8,10-11,13-14,19H,9,12,15-17H2,1-3H3. The Kier molecular flexibility index (Phi) is 6.55. The summed E-state index contributed by atoms with van der Waals surface area (Å²) in [6.07, 6.45) is 1.81. The molecule has 0 bridgehead atoms. The number of rotatable bonds is 7. The summed E-state index contributed by atoms with van der Waals surface area (Å²) in [5, 5.41) is 4.77. The van der Waals surface area contributed by atoms with Gasteiger partial charge in [-0.05, 0) is 25.0 Å². The van der Waals surface area contributed by atoms with Crippen LogP contribution in [0.1, 0.15) is 28.8 Å². The predicted molar refractivity (Wildman–Crippen MR) is 123 cm³/mol. The molecular formula is C25H29FN4O2. The number of aryl methyl sites for hydroxylation is 1. The van der Waals surface area contributed by atoms with Crippen LogP contribution in [0.15, 0.2) is 54.6 Å². The van der Waals surface area contributed by atoms with Gasteiger partial charge in [-0.1, -0.05) is 42.5 Å². The maximum absolute atomic E-state index is 14.5. The maximum Gasteiger partial charge on any atom is 0.257 e. The molecule has 1 fully saturated rings. The van der Waals surface area contributed by atoms with Crippen LogP contribution in [0.5, 0.6) is 0 Å². The number of ether oxygens (including phenoxy) is 1. The summed E-state index contributed by atoms with van der Waals surface area (Å²) in [6.45, 7) is 1.40. The van der Waals surface area contributed by atoms with Crippen molar-refractivity contribution in [2.75, 3.05) is 32.1 Å². The molecule has 1 aromatic heterocycles. The van der Waals surface area contributed by atoms with Gasteiger partial charge in [-0.15, -0.1) is 0 Å². The Labute approximate surface area is 188 Å². The molecule has 0 radical (unpaired) electrons. The first-order chi connectivity index (χ1) is 15.5. The van der Waals surface area contributed by atoms with Crippen LogP contribution in [0.4, 0.5) is 10.2 Å². The van der Waals surface area contributed by atoms with E-state index in [9.17, 15) is 9.18 Å². The van der Waals surface area contributed by atoms with Gasteiger partial charge in [0, 0.05) is 45.4 Å². The molecule has 1 unspecified atom stereocenters. The molecule has 1 amide bonds. The molecular weight excluding hydrogens is 407 g/mol. The summed E-state index contributed by atoms with van der Waals surface area (Å²) in [4.78, 5) is 17.2. The quantitative estimate of drug-likeness (QED) is 0.559. The van der Waals surface area contributed by atoms with Crippen molar-refractivity contribution in [2.24, 2.45) is 7.05 Å². The number of hydrogen-bond donors (Lipinski definition) is 0. The molecule has 2 heterocycles. The fourth-order valence-electron chi connectivity index (χ4n) is 4.34. The van der Waals surface area contributed by atoms with Gasteiger partial charge in [0.25, 0.3) is 5.91 Å². The number of amides is 1. The molecule has 0 aliphatic carbocycles. The summed E-state index contributed by atoms with van der Waals surface area (Å²) in [7, 11) is 5.81. The Hall–Kier alpha value is -3.19. The smallest absolute Gasteiger partial charge is 0.257 e. The Balaban J connectivity index is 1.76. The summed E-state index contributed by atoms with van der Waals surface area (Å²) in [5.41, 5.74) is 2.78. The lowest BCUT2D eigenvalue weighted by Crippen LogP contribution is -2.37. The Morgan fingerprint density at radius 2 is 1.88 bits per heavy atom. The summed E-state index contributed by atoms with van der Waals surface area (Å²) in [6, 6.07) is 16.1. The predicted octanol–water partition coefficient (Wildman–Crippen LogP) is 4.11. The number of carbonyl (C=O) groups excluding carboxylic acids is 1. The first-order valence-electron chi connectivity index (χ1n) is 10.9. The van der Waals surface area contributed by atoms with E-state index in [1.807, 2.05) is 61.1 Å². The van der Waals surface area contributed by atoms with Gasteiger partial charge in [0.2, 0.25) is 0 Å². The minimum absolute atomic E-state index is 0.0506. The molecule has 1 atom stereocenters. The number of carbonyl (C=O) groups is 1. The third-order valence-corrected chi connectivity index (χ3v) is 5.77. The van der Waals surface area contributed by atoms with Crippen LogP contribution in [0.3, 0.4) is 0 Å². The van der Waals surface area contributed by atoms with E-state index in [4.69, 9.17) is 9.84 Å². The first kappa shape index (κ1) is 22.0. The molecule has 0 saturated carbocycles. The maximum atomic E-state index is 14.5. The molecule has 1 aliphatic heterocycles. The highest BCUT2D eigenvalue weighted by Gasteiger charge is 2.28. The van der Waals surface area contributed by atoms with E-state index in [1.165, 1.54) is 12.1 Å². The molecule has 2 aromatic carbocycles. The van der Waals surface area contributed by atoms with Crippen LogP contribution in [-0.2, 0) is 18.3 Å². The van der Waals surface area contributed by atoms with Crippen LogP contribution in [0.2, 0.25) is 0 Å². The molecule has 168 valence electrons. The van der Waals surface area contributed by atoms with Gasteiger partial charge < -0.3 is 14.5 Å². The SMILES string of the molecule is CN(C)c1c(CN(CC2CCCO2)C(=O)c2ccccc2F)c(-c2ccccc2)nn1C. The minimum Gasteiger partial charge on any atom is -0.376 e. The summed E-state index contributed by atoms with van der Waals surface area (Å²) in [5.74, 6) is 0.0471. The van der Waals surface area contributed by atoms with E-state index in [0.717, 1.165) is 35.5 Å². The molecule has 4 rings (SSSR count). The minimum atomic E-state index is -0.517. The molecule has 6 nitrogen and oxygen atoms in total. The lowest BCUT2D eigenvalue weighted by molar-refractivity contribution is 0.0504. The monoisotopic (exact) mass is 436 g/mol. The zero-order valence-electron chi connectivity index (χ0n) is 18.8. The number of halogens is 1. The van der Waals surface area contributed by atoms with E-state index < -0.39 is 5.82 Å². The Morgan fingerprint density at radius 3 is 2.53 bits per heavy atom. The van der Waals surface area contributed by atoms with Gasteiger partial charge in [0.05, 0.1) is 23.9 Å². The van der Waals surface area contributed by atoms with Gasteiger partial charge in [0.15, 0.2) is 0 Å². The van der Waals surface area contributed by atoms with Gasteiger partial charge >= 0.3 is 0 Å². The van der Waals surface area contributed by atoms with Gasteiger partial charge in [-0.3, -0.25) is 9.48 Å². The molecule has 1 saturated heterocycles. The number of benzene rings is 2. The third kappa shape index (κ3) is 4.53. The molecule has 0 N–H and O–H groups in total. The van der Waals surface area contributed by atoms with Crippen molar-refractivity contribution < 1.29 is 13.9 Å². The van der Waals surface area contributed by atoms with Crippen molar-refractivity contribution in [3.8, 4) is 11.3 Å². The van der Waals surface area contributed by atoms with Crippen molar-refractivity contribution in [2.45, 2.75) is 25.5 Å². The average Bonchev–Trinajstić information content (AvgIpc) is 3.41. The van der Waals surface area contributed by atoms with Gasteiger partial charge in [-0.25, -0.2) is 4.39 Å². The van der Waals surface area contributed by atoms with Gasteiger partial charge in [0.1, 0.15) is 11.6 Å². The summed E-state index contributed by atoms with van der Waals surface area (Å²) >= 11 is 0. The van der Waals surface area contributed by atoms with Crippen molar-refractivity contribution in [3.63, 3.8) is 0 Å².